The fourth-order valence-corrected chi connectivity index (χ4v) is 2.19. The van der Waals surface area contributed by atoms with Crippen LogP contribution in [0.3, 0.4) is 0 Å². The Balaban J connectivity index is 2.37. The van der Waals surface area contributed by atoms with Crippen LogP contribution in [0.2, 0.25) is 5.02 Å². The third-order valence-corrected chi connectivity index (χ3v) is 2.95. The quantitative estimate of drug-likeness (QED) is 0.881. The van der Waals surface area contributed by atoms with Gasteiger partial charge in [0.15, 0.2) is 11.6 Å². The number of carbonyl (C=O) groups is 1. The molecule has 1 aliphatic rings. The molecule has 1 aromatic carbocycles. The minimum atomic E-state index is -0.444. The van der Waals surface area contributed by atoms with Gasteiger partial charge in [-0.2, -0.15) is 0 Å². The highest BCUT2D eigenvalue weighted by Gasteiger charge is 2.23. The number of rotatable bonds is 3. The Morgan fingerprint density at radius 2 is 2.38 bits per heavy atom. The zero-order chi connectivity index (χ0) is 11.7. The second-order valence-corrected chi connectivity index (χ2v) is 4.10. The Morgan fingerprint density at radius 3 is 3.06 bits per heavy atom. The van der Waals surface area contributed by atoms with Crippen molar-refractivity contribution in [1.82, 2.24) is 0 Å². The molecule has 5 heteroatoms. The van der Waals surface area contributed by atoms with Crippen LogP contribution in [-0.2, 0) is 17.6 Å². The number of benzene rings is 1. The van der Waals surface area contributed by atoms with Crippen molar-refractivity contribution in [1.29, 1.82) is 0 Å². The standard InChI is InChI=1S/C11H11ClFNO2/c12-8-5-9(13)11-7(3-4-16-11)6(8)1-2-10(14)15/h5H,1-4H2,(H2,14,15). The number of hydrogen-bond donors (Lipinski definition) is 1. The van der Waals surface area contributed by atoms with E-state index in [-0.39, 0.29) is 12.2 Å². The second-order valence-electron chi connectivity index (χ2n) is 3.69. The van der Waals surface area contributed by atoms with Gasteiger partial charge in [0.2, 0.25) is 5.91 Å². The topological polar surface area (TPSA) is 52.3 Å². The Morgan fingerprint density at radius 1 is 1.62 bits per heavy atom. The summed E-state index contributed by atoms with van der Waals surface area (Å²) in [6.07, 6.45) is 1.26. The molecule has 0 bridgehead atoms. The molecule has 0 aliphatic carbocycles. The number of hydrogen-bond acceptors (Lipinski definition) is 2. The van der Waals surface area contributed by atoms with Crippen molar-refractivity contribution in [2.45, 2.75) is 19.3 Å². The van der Waals surface area contributed by atoms with E-state index in [2.05, 4.69) is 0 Å². The molecule has 0 radical (unpaired) electrons. The Bertz CT molecular complexity index is 448. The van der Waals surface area contributed by atoms with Gasteiger partial charge in [0, 0.05) is 23.4 Å². The third kappa shape index (κ3) is 1.97. The van der Waals surface area contributed by atoms with Crippen LogP contribution >= 0.6 is 11.6 Å². The van der Waals surface area contributed by atoms with E-state index in [1.54, 1.807) is 0 Å². The lowest BCUT2D eigenvalue weighted by Crippen LogP contribution is -2.12. The zero-order valence-electron chi connectivity index (χ0n) is 8.56. The molecule has 0 saturated carbocycles. The molecular formula is C11H11ClFNO2. The predicted octanol–water partition coefficient (Wildman–Crippen LogP) is 1.83. The van der Waals surface area contributed by atoms with Gasteiger partial charge in [0.05, 0.1) is 6.61 Å². The summed E-state index contributed by atoms with van der Waals surface area (Å²) in [6, 6.07) is 1.22. The minimum Gasteiger partial charge on any atom is -0.490 e. The summed E-state index contributed by atoms with van der Waals surface area (Å²) < 4.78 is 18.6. The summed E-state index contributed by atoms with van der Waals surface area (Å²) in [7, 11) is 0. The van der Waals surface area contributed by atoms with Crippen LogP contribution in [0, 0.1) is 5.82 Å². The lowest BCUT2D eigenvalue weighted by Gasteiger charge is -2.09. The molecule has 2 rings (SSSR count). The van der Waals surface area contributed by atoms with Gasteiger partial charge >= 0.3 is 0 Å². The van der Waals surface area contributed by atoms with Crippen LogP contribution in [0.15, 0.2) is 6.07 Å². The van der Waals surface area contributed by atoms with Crippen molar-refractivity contribution >= 4 is 17.5 Å². The summed E-state index contributed by atoms with van der Waals surface area (Å²) in [5.74, 6) is -0.572. The van der Waals surface area contributed by atoms with Crippen molar-refractivity contribution in [3.8, 4) is 5.75 Å². The van der Waals surface area contributed by atoms with Crippen molar-refractivity contribution in [3.63, 3.8) is 0 Å². The van der Waals surface area contributed by atoms with Crippen LogP contribution in [0.1, 0.15) is 17.5 Å². The van der Waals surface area contributed by atoms with E-state index in [1.165, 1.54) is 6.07 Å². The molecule has 0 spiro atoms. The number of fused-ring (bicyclic) bond motifs is 1. The van der Waals surface area contributed by atoms with Gasteiger partial charge in [-0.25, -0.2) is 4.39 Å². The Hall–Kier alpha value is -1.29. The van der Waals surface area contributed by atoms with Crippen molar-refractivity contribution in [2.24, 2.45) is 5.73 Å². The summed E-state index contributed by atoms with van der Waals surface area (Å²) >= 11 is 5.95. The van der Waals surface area contributed by atoms with Gasteiger partial charge < -0.3 is 10.5 Å². The number of halogens is 2. The molecule has 2 N–H and O–H groups in total. The number of primary amides is 1. The summed E-state index contributed by atoms with van der Waals surface area (Å²) in [6.45, 7) is 0.455. The third-order valence-electron chi connectivity index (χ3n) is 2.62. The molecule has 0 fully saturated rings. The first kappa shape index (κ1) is 11.2. The average Bonchev–Trinajstić information content (AvgIpc) is 2.65. The number of nitrogens with two attached hydrogens (primary N) is 1. The smallest absolute Gasteiger partial charge is 0.217 e. The van der Waals surface area contributed by atoms with Gasteiger partial charge in [0.1, 0.15) is 0 Å². The van der Waals surface area contributed by atoms with Gasteiger partial charge in [-0.1, -0.05) is 11.6 Å². The van der Waals surface area contributed by atoms with Gasteiger partial charge in [-0.15, -0.1) is 0 Å². The maximum absolute atomic E-state index is 13.4. The molecule has 0 aromatic heterocycles. The SMILES string of the molecule is NC(=O)CCc1c(Cl)cc(F)c2c1CCO2. The minimum absolute atomic E-state index is 0.206. The molecule has 1 aliphatic heterocycles. The molecule has 1 aromatic rings. The van der Waals surface area contributed by atoms with E-state index in [9.17, 15) is 9.18 Å². The van der Waals surface area contributed by atoms with E-state index in [0.717, 1.165) is 11.1 Å². The fraction of sp³-hybridized carbons (Fsp3) is 0.364. The van der Waals surface area contributed by atoms with Crippen LogP contribution in [0.4, 0.5) is 4.39 Å². The molecule has 3 nitrogen and oxygen atoms in total. The first-order chi connectivity index (χ1) is 7.59. The van der Waals surface area contributed by atoms with Crippen LogP contribution in [-0.4, -0.2) is 12.5 Å². The van der Waals surface area contributed by atoms with E-state index < -0.39 is 11.7 Å². The lowest BCUT2D eigenvalue weighted by atomic mass is 10.0. The van der Waals surface area contributed by atoms with Crippen molar-refractivity contribution in [3.05, 3.63) is 28.0 Å². The molecule has 0 unspecified atom stereocenters. The van der Waals surface area contributed by atoms with Crippen molar-refractivity contribution < 1.29 is 13.9 Å². The predicted molar refractivity (Wildman–Crippen MR) is 58.1 cm³/mol. The van der Waals surface area contributed by atoms with Crippen molar-refractivity contribution in [2.75, 3.05) is 6.61 Å². The summed E-state index contributed by atoms with van der Waals surface area (Å²) in [4.78, 5) is 10.7. The largest absolute Gasteiger partial charge is 0.490 e. The molecule has 0 atom stereocenters. The van der Waals surface area contributed by atoms with E-state index in [0.29, 0.717) is 24.5 Å². The first-order valence-corrected chi connectivity index (χ1v) is 5.38. The maximum Gasteiger partial charge on any atom is 0.217 e. The highest BCUT2D eigenvalue weighted by Crippen LogP contribution is 2.36. The fourth-order valence-electron chi connectivity index (χ4n) is 1.88. The molecule has 0 saturated heterocycles. The van der Waals surface area contributed by atoms with E-state index >= 15 is 0 Å². The van der Waals surface area contributed by atoms with Crippen LogP contribution in [0.25, 0.3) is 0 Å². The van der Waals surface area contributed by atoms with Gasteiger partial charge in [-0.3, -0.25) is 4.79 Å². The highest BCUT2D eigenvalue weighted by atomic mass is 35.5. The van der Waals surface area contributed by atoms with E-state index in [4.69, 9.17) is 22.1 Å². The monoisotopic (exact) mass is 243 g/mol. The Kier molecular flexibility index (Phi) is 3.01. The number of amides is 1. The zero-order valence-corrected chi connectivity index (χ0v) is 9.31. The maximum atomic E-state index is 13.4. The second kappa shape index (κ2) is 4.29. The molecule has 1 heterocycles. The van der Waals surface area contributed by atoms with E-state index in [1.807, 2.05) is 0 Å². The molecule has 1 amide bonds. The summed E-state index contributed by atoms with van der Waals surface area (Å²) in [5.41, 5.74) is 6.62. The number of carbonyl (C=O) groups excluding carboxylic acids is 1. The summed E-state index contributed by atoms with van der Waals surface area (Å²) in [5, 5.41) is 0.336. The Labute approximate surface area is 97.3 Å². The lowest BCUT2D eigenvalue weighted by molar-refractivity contribution is -0.117. The van der Waals surface area contributed by atoms with Crippen LogP contribution < -0.4 is 10.5 Å². The molecular weight excluding hydrogens is 233 g/mol. The van der Waals surface area contributed by atoms with Crippen LogP contribution in [0.5, 0.6) is 5.75 Å². The van der Waals surface area contributed by atoms with Gasteiger partial charge in [-0.05, 0) is 18.1 Å². The molecule has 86 valence electrons. The normalized spacial score (nSPS) is 13.4. The molecule has 16 heavy (non-hydrogen) atoms. The average molecular weight is 244 g/mol. The number of ether oxygens (including phenoxy) is 1. The first-order valence-electron chi connectivity index (χ1n) is 5.00. The van der Waals surface area contributed by atoms with Gasteiger partial charge in [0.25, 0.3) is 0 Å². The highest BCUT2D eigenvalue weighted by molar-refractivity contribution is 6.31.